The van der Waals surface area contributed by atoms with E-state index in [-0.39, 0.29) is 6.54 Å². The summed E-state index contributed by atoms with van der Waals surface area (Å²) >= 11 is 7.16. The molecule has 1 fully saturated rings. The van der Waals surface area contributed by atoms with Gasteiger partial charge in [-0.1, -0.05) is 11.6 Å². The molecule has 2 N–H and O–H groups in total. The first-order valence-electron chi connectivity index (χ1n) is 6.55. The topological polar surface area (TPSA) is 86.7 Å². The molecule has 2 atom stereocenters. The van der Waals surface area contributed by atoms with Crippen LogP contribution >= 0.6 is 22.9 Å². The van der Waals surface area contributed by atoms with E-state index in [2.05, 4.69) is 4.72 Å². The quantitative estimate of drug-likeness (QED) is 0.849. The SMILES string of the molecule is CC(NS(=O)(=O)N1CCCC(C(=O)O)C1)c1ccc(Cl)s1. The van der Waals surface area contributed by atoms with E-state index in [4.69, 9.17) is 16.7 Å². The molecular formula is C12H17ClN2O4S2. The Morgan fingerprint density at radius 2 is 2.29 bits per heavy atom. The van der Waals surface area contributed by atoms with Crippen LogP contribution in [0.2, 0.25) is 4.34 Å². The summed E-state index contributed by atoms with van der Waals surface area (Å²) in [5, 5.41) is 9.03. The Balaban J connectivity index is 2.05. The second-order valence-electron chi connectivity index (χ2n) is 5.02. The Hall–Kier alpha value is -0.670. The minimum Gasteiger partial charge on any atom is -0.481 e. The Bertz CT molecular complexity index is 617. The predicted octanol–water partition coefficient (Wildman–Crippen LogP) is 2.09. The minimum atomic E-state index is -3.70. The molecule has 0 saturated carbocycles. The van der Waals surface area contributed by atoms with Gasteiger partial charge in [0.1, 0.15) is 0 Å². The zero-order valence-electron chi connectivity index (χ0n) is 11.5. The second-order valence-corrected chi connectivity index (χ2v) is 8.47. The predicted molar refractivity (Wildman–Crippen MR) is 81.7 cm³/mol. The van der Waals surface area contributed by atoms with Gasteiger partial charge in [-0.05, 0) is 31.9 Å². The maximum absolute atomic E-state index is 12.3. The van der Waals surface area contributed by atoms with Crippen LogP contribution in [0.3, 0.4) is 0 Å². The lowest BCUT2D eigenvalue weighted by Crippen LogP contribution is -2.47. The van der Waals surface area contributed by atoms with Crippen molar-refractivity contribution in [3.8, 4) is 0 Å². The van der Waals surface area contributed by atoms with Crippen LogP contribution in [0.15, 0.2) is 12.1 Å². The van der Waals surface area contributed by atoms with Crippen LogP contribution in [-0.2, 0) is 15.0 Å². The van der Waals surface area contributed by atoms with E-state index in [1.807, 2.05) is 0 Å². The summed E-state index contributed by atoms with van der Waals surface area (Å²) in [6.45, 7) is 2.10. The lowest BCUT2D eigenvalue weighted by molar-refractivity contribution is -0.142. The summed E-state index contributed by atoms with van der Waals surface area (Å²) in [4.78, 5) is 11.8. The normalized spacial score (nSPS) is 22.1. The molecule has 21 heavy (non-hydrogen) atoms. The molecule has 0 bridgehead atoms. The van der Waals surface area contributed by atoms with E-state index >= 15 is 0 Å². The number of rotatable bonds is 5. The second kappa shape index (κ2) is 6.62. The molecule has 2 heterocycles. The fraction of sp³-hybridized carbons (Fsp3) is 0.583. The number of halogens is 1. The number of carboxylic acids is 1. The smallest absolute Gasteiger partial charge is 0.307 e. The highest BCUT2D eigenvalue weighted by atomic mass is 35.5. The molecule has 0 radical (unpaired) electrons. The summed E-state index contributed by atoms with van der Waals surface area (Å²) in [6, 6.07) is 3.09. The first kappa shape index (κ1) is 16.7. The number of hydrogen-bond donors (Lipinski definition) is 2. The van der Waals surface area contributed by atoms with Crippen LogP contribution in [0.4, 0.5) is 0 Å². The van der Waals surface area contributed by atoms with Crippen LogP contribution in [0.1, 0.15) is 30.7 Å². The number of nitrogens with zero attached hydrogens (tertiary/aromatic N) is 1. The van der Waals surface area contributed by atoms with Gasteiger partial charge in [0.15, 0.2) is 0 Å². The van der Waals surface area contributed by atoms with Crippen molar-refractivity contribution in [3.05, 3.63) is 21.3 Å². The van der Waals surface area contributed by atoms with Crippen molar-refractivity contribution in [2.45, 2.75) is 25.8 Å². The van der Waals surface area contributed by atoms with Gasteiger partial charge in [-0.15, -0.1) is 11.3 Å². The average Bonchev–Trinajstić information content (AvgIpc) is 2.85. The van der Waals surface area contributed by atoms with Crippen molar-refractivity contribution in [1.82, 2.24) is 9.03 Å². The van der Waals surface area contributed by atoms with Gasteiger partial charge < -0.3 is 5.11 Å². The number of nitrogens with one attached hydrogen (secondary N) is 1. The van der Waals surface area contributed by atoms with E-state index in [9.17, 15) is 13.2 Å². The number of thiophene rings is 1. The van der Waals surface area contributed by atoms with Gasteiger partial charge in [0.25, 0.3) is 10.2 Å². The van der Waals surface area contributed by atoms with Gasteiger partial charge in [0, 0.05) is 18.0 Å². The zero-order valence-corrected chi connectivity index (χ0v) is 13.8. The van der Waals surface area contributed by atoms with E-state index in [0.717, 1.165) is 4.88 Å². The highest BCUT2D eigenvalue weighted by Crippen LogP contribution is 2.28. The van der Waals surface area contributed by atoms with Crippen LogP contribution in [-0.4, -0.2) is 36.9 Å². The summed E-state index contributed by atoms with van der Waals surface area (Å²) in [6.07, 6.45) is 1.06. The van der Waals surface area contributed by atoms with Gasteiger partial charge in [0.2, 0.25) is 0 Å². The average molecular weight is 353 g/mol. The van der Waals surface area contributed by atoms with Crippen molar-refractivity contribution in [2.24, 2.45) is 5.92 Å². The third-order valence-corrected chi connectivity index (χ3v) is 6.50. The fourth-order valence-corrected chi connectivity index (χ4v) is 4.89. The fourth-order valence-electron chi connectivity index (χ4n) is 2.28. The van der Waals surface area contributed by atoms with Crippen LogP contribution in [0, 0.1) is 5.92 Å². The molecule has 0 aliphatic carbocycles. The molecule has 118 valence electrons. The summed E-state index contributed by atoms with van der Waals surface area (Å²) in [5.74, 6) is -1.59. The Morgan fingerprint density at radius 1 is 1.57 bits per heavy atom. The summed E-state index contributed by atoms with van der Waals surface area (Å²) in [5.41, 5.74) is 0. The van der Waals surface area contributed by atoms with Gasteiger partial charge in [0.05, 0.1) is 16.3 Å². The number of piperidine rings is 1. The maximum atomic E-state index is 12.3. The van der Waals surface area contributed by atoms with Crippen LogP contribution in [0.5, 0.6) is 0 Å². The standard InChI is InChI=1S/C12H17ClN2O4S2/c1-8(10-4-5-11(13)20-10)14-21(18,19)15-6-2-3-9(7-15)12(16)17/h4-5,8-9,14H,2-3,6-7H2,1H3,(H,16,17). The highest BCUT2D eigenvalue weighted by Gasteiger charge is 2.33. The highest BCUT2D eigenvalue weighted by molar-refractivity contribution is 7.87. The molecule has 0 aromatic carbocycles. The molecule has 1 aliphatic heterocycles. The Morgan fingerprint density at radius 3 is 2.86 bits per heavy atom. The Labute approximate surface area is 132 Å². The first-order valence-corrected chi connectivity index (χ1v) is 9.18. The van der Waals surface area contributed by atoms with Crippen molar-refractivity contribution >= 4 is 39.1 Å². The van der Waals surface area contributed by atoms with E-state index in [1.165, 1.54) is 15.6 Å². The number of hydrogen-bond acceptors (Lipinski definition) is 4. The Kier molecular flexibility index (Phi) is 5.26. The molecule has 0 spiro atoms. The molecule has 2 unspecified atom stereocenters. The molecule has 1 aromatic heterocycles. The van der Waals surface area contributed by atoms with Crippen LogP contribution < -0.4 is 4.72 Å². The third-order valence-electron chi connectivity index (χ3n) is 3.42. The minimum absolute atomic E-state index is 0.0165. The molecule has 1 saturated heterocycles. The van der Waals surface area contributed by atoms with Crippen molar-refractivity contribution < 1.29 is 18.3 Å². The molecule has 9 heteroatoms. The van der Waals surface area contributed by atoms with Crippen molar-refractivity contribution in [3.63, 3.8) is 0 Å². The van der Waals surface area contributed by atoms with Crippen LogP contribution in [0.25, 0.3) is 0 Å². The van der Waals surface area contributed by atoms with Crippen molar-refractivity contribution in [1.29, 1.82) is 0 Å². The number of carbonyl (C=O) groups is 1. The first-order chi connectivity index (χ1) is 9.79. The maximum Gasteiger partial charge on any atom is 0.307 e. The zero-order chi connectivity index (χ0) is 15.6. The monoisotopic (exact) mass is 352 g/mol. The van der Waals surface area contributed by atoms with Crippen molar-refractivity contribution in [2.75, 3.05) is 13.1 Å². The van der Waals surface area contributed by atoms with Gasteiger partial charge in [-0.25, -0.2) is 0 Å². The third kappa shape index (κ3) is 4.17. The molecule has 2 rings (SSSR count). The van der Waals surface area contributed by atoms with E-state index < -0.39 is 28.1 Å². The largest absolute Gasteiger partial charge is 0.481 e. The lowest BCUT2D eigenvalue weighted by Gasteiger charge is -2.30. The van der Waals surface area contributed by atoms with Gasteiger partial charge in [-0.2, -0.15) is 17.4 Å². The lowest BCUT2D eigenvalue weighted by atomic mass is 10.0. The number of carboxylic acid groups (broad SMARTS) is 1. The van der Waals surface area contributed by atoms with Gasteiger partial charge >= 0.3 is 5.97 Å². The molecule has 0 amide bonds. The summed E-state index contributed by atoms with van der Waals surface area (Å²) < 4.78 is 29.1. The molecular weight excluding hydrogens is 336 g/mol. The molecule has 6 nitrogen and oxygen atoms in total. The van der Waals surface area contributed by atoms with E-state index in [0.29, 0.717) is 23.7 Å². The summed E-state index contributed by atoms with van der Waals surface area (Å²) in [7, 11) is -3.70. The number of aliphatic carboxylic acids is 1. The molecule has 1 aromatic rings. The molecule has 1 aliphatic rings. The van der Waals surface area contributed by atoms with Gasteiger partial charge in [-0.3, -0.25) is 4.79 Å². The van der Waals surface area contributed by atoms with E-state index in [1.54, 1.807) is 19.1 Å².